The maximum absolute atomic E-state index is 12.4. The summed E-state index contributed by atoms with van der Waals surface area (Å²) < 4.78 is 3.01. The van der Waals surface area contributed by atoms with Crippen molar-refractivity contribution < 1.29 is 14.3 Å². The van der Waals surface area contributed by atoms with Gasteiger partial charge in [0.05, 0.1) is 6.54 Å². The van der Waals surface area contributed by atoms with Crippen molar-refractivity contribution in [2.75, 3.05) is 6.54 Å². The fraction of sp³-hybridized carbons (Fsp3) is 0.412. The monoisotopic (exact) mass is 423 g/mol. The third-order valence-electron chi connectivity index (χ3n) is 2.73. The van der Waals surface area contributed by atoms with Crippen LogP contribution in [0.3, 0.4) is 0 Å². The highest BCUT2D eigenvalue weighted by Crippen LogP contribution is 2.32. The molecule has 0 radical (unpaired) electrons. The van der Waals surface area contributed by atoms with Crippen molar-refractivity contribution in [3.63, 3.8) is 0 Å². The van der Waals surface area contributed by atoms with Crippen LogP contribution in [0.15, 0.2) is 46.2 Å². The van der Waals surface area contributed by atoms with Gasteiger partial charge in [-0.1, -0.05) is 70.8 Å². The topological polar surface area (TPSA) is 46.6 Å². The number of carbonyl (C=O) groups is 2. The van der Waals surface area contributed by atoms with Gasteiger partial charge in [-0.2, -0.15) is 0 Å². The van der Waals surface area contributed by atoms with Crippen LogP contribution in [-0.4, -0.2) is 32.8 Å². The highest BCUT2D eigenvalue weighted by Gasteiger charge is 2.40. The molecule has 2 amide bonds. The molecule has 0 aromatic heterocycles. The number of hydrogen-bond donors (Lipinski definition) is 0. The number of imide groups is 1. The molecule has 25 heavy (non-hydrogen) atoms. The predicted molar refractivity (Wildman–Crippen MR) is 104 cm³/mol. The van der Waals surface area contributed by atoms with Crippen molar-refractivity contribution in [2.45, 2.75) is 42.0 Å². The van der Waals surface area contributed by atoms with Crippen molar-refractivity contribution in [2.24, 2.45) is 0 Å². The number of amides is 2. The molecule has 0 aliphatic rings. The van der Waals surface area contributed by atoms with Crippen LogP contribution in [0.2, 0.25) is 0 Å². The van der Waals surface area contributed by atoms with E-state index in [2.05, 4.69) is 0 Å². The second-order valence-corrected chi connectivity index (χ2v) is 9.52. The SMILES string of the molecule is C/C=C(/CN(C(=O)OC(C)(C)C)C(=O)C(Cl)(Cl)Cl)Sc1ccccc1. The number of alkyl halides is 3. The molecular weight excluding hydrogens is 405 g/mol. The second kappa shape index (κ2) is 9.17. The summed E-state index contributed by atoms with van der Waals surface area (Å²) in [6.45, 7) is 6.82. The number of ether oxygens (including phenoxy) is 1. The van der Waals surface area contributed by atoms with Crippen molar-refractivity contribution in [1.29, 1.82) is 0 Å². The minimum Gasteiger partial charge on any atom is -0.443 e. The first-order valence-electron chi connectivity index (χ1n) is 7.44. The van der Waals surface area contributed by atoms with Gasteiger partial charge in [-0.05, 0) is 39.8 Å². The molecule has 0 heterocycles. The van der Waals surface area contributed by atoms with Gasteiger partial charge in [0.15, 0.2) is 0 Å². The van der Waals surface area contributed by atoms with Gasteiger partial charge in [0.2, 0.25) is 0 Å². The average molecular weight is 425 g/mol. The Morgan fingerprint density at radius 3 is 2.16 bits per heavy atom. The molecule has 0 spiro atoms. The van der Waals surface area contributed by atoms with Crippen LogP contribution in [0.1, 0.15) is 27.7 Å². The Bertz CT molecular complexity index is 637. The molecular formula is C17H20Cl3NO3S. The van der Waals surface area contributed by atoms with Crippen molar-refractivity contribution in [3.8, 4) is 0 Å². The number of benzene rings is 1. The molecule has 0 bridgehead atoms. The Morgan fingerprint density at radius 1 is 1.16 bits per heavy atom. The summed E-state index contributed by atoms with van der Waals surface area (Å²) in [6.07, 6.45) is 0.928. The van der Waals surface area contributed by atoms with Crippen molar-refractivity contribution >= 4 is 58.6 Å². The van der Waals surface area contributed by atoms with Crippen molar-refractivity contribution in [1.82, 2.24) is 4.90 Å². The lowest BCUT2D eigenvalue weighted by Crippen LogP contribution is -2.46. The second-order valence-electron chi connectivity index (χ2n) is 6.04. The lowest BCUT2D eigenvalue weighted by atomic mass is 10.2. The first-order chi connectivity index (χ1) is 11.4. The van der Waals surface area contributed by atoms with Crippen LogP contribution < -0.4 is 0 Å². The lowest BCUT2D eigenvalue weighted by molar-refractivity contribution is -0.128. The van der Waals surface area contributed by atoms with Gasteiger partial charge in [0.1, 0.15) is 5.60 Å². The van der Waals surface area contributed by atoms with Crippen LogP contribution >= 0.6 is 46.6 Å². The number of allylic oxidation sites excluding steroid dienone is 1. The first kappa shape index (κ1) is 22.2. The largest absolute Gasteiger partial charge is 0.443 e. The van der Waals surface area contributed by atoms with Crippen LogP contribution in [-0.2, 0) is 9.53 Å². The highest BCUT2D eigenvalue weighted by molar-refractivity contribution is 8.03. The fourth-order valence-corrected chi connectivity index (χ4v) is 2.88. The van der Waals surface area contributed by atoms with E-state index in [1.54, 1.807) is 33.8 Å². The first-order valence-corrected chi connectivity index (χ1v) is 9.39. The zero-order valence-electron chi connectivity index (χ0n) is 14.4. The van der Waals surface area contributed by atoms with Gasteiger partial charge >= 0.3 is 6.09 Å². The Morgan fingerprint density at radius 2 is 1.72 bits per heavy atom. The Hall–Kier alpha value is -0.880. The quantitative estimate of drug-likeness (QED) is 0.451. The Balaban J connectivity index is 3.02. The van der Waals surface area contributed by atoms with E-state index in [1.165, 1.54) is 11.8 Å². The molecule has 0 atom stereocenters. The summed E-state index contributed by atoms with van der Waals surface area (Å²) in [7, 11) is 0. The van der Waals surface area contributed by atoms with Crippen LogP contribution in [0.5, 0.6) is 0 Å². The van der Waals surface area contributed by atoms with E-state index in [0.717, 1.165) is 14.7 Å². The predicted octanol–water partition coefficient (Wildman–Crippen LogP) is 5.82. The zero-order valence-corrected chi connectivity index (χ0v) is 17.5. The molecule has 8 heteroatoms. The summed E-state index contributed by atoms with van der Waals surface area (Å²) >= 11 is 18.5. The van der Waals surface area contributed by atoms with Gasteiger partial charge in [-0.25, -0.2) is 9.69 Å². The Labute approximate surface area is 167 Å². The lowest BCUT2D eigenvalue weighted by Gasteiger charge is -2.28. The van der Waals surface area contributed by atoms with E-state index in [0.29, 0.717) is 0 Å². The molecule has 1 aromatic rings. The van der Waals surface area contributed by atoms with E-state index in [-0.39, 0.29) is 6.54 Å². The molecule has 0 saturated carbocycles. The molecule has 4 nitrogen and oxygen atoms in total. The molecule has 0 fully saturated rings. The molecule has 1 aromatic carbocycles. The number of hydrogen-bond acceptors (Lipinski definition) is 4. The summed E-state index contributed by atoms with van der Waals surface area (Å²) in [5.74, 6) is -0.959. The Kier molecular flexibility index (Phi) is 8.13. The molecule has 0 saturated heterocycles. The number of nitrogens with zero attached hydrogens (tertiary/aromatic N) is 1. The maximum Gasteiger partial charge on any atom is 0.417 e. The average Bonchev–Trinajstić information content (AvgIpc) is 2.49. The van der Waals surface area contributed by atoms with Gasteiger partial charge in [0, 0.05) is 9.80 Å². The molecule has 0 aliphatic heterocycles. The number of rotatable bonds is 4. The number of thioether (sulfide) groups is 1. The normalized spacial score (nSPS) is 12.7. The van der Waals surface area contributed by atoms with Crippen LogP contribution in [0.4, 0.5) is 4.79 Å². The summed E-state index contributed by atoms with van der Waals surface area (Å²) in [4.78, 5) is 27.3. The summed E-state index contributed by atoms with van der Waals surface area (Å²) in [6, 6.07) is 9.53. The van der Waals surface area contributed by atoms with Crippen molar-refractivity contribution in [3.05, 3.63) is 41.3 Å². The smallest absolute Gasteiger partial charge is 0.417 e. The number of carbonyl (C=O) groups excluding carboxylic acids is 2. The number of halogens is 3. The molecule has 1 rings (SSSR count). The van der Waals surface area contributed by atoms with E-state index in [1.807, 2.05) is 30.3 Å². The van der Waals surface area contributed by atoms with Crippen LogP contribution in [0.25, 0.3) is 0 Å². The highest BCUT2D eigenvalue weighted by atomic mass is 35.6. The summed E-state index contributed by atoms with van der Waals surface area (Å²) in [5, 5.41) is 0. The van der Waals surface area contributed by atoms with E-state index in [9.17, 15) is 9.59 Å². The fourth-order valence-electron chi connectivity index (χ4n) is 1.67. The molecule has 138 valence electrons. The van der Waals surface area contributed by atoms with E-state index >= 15 is 0 Å². The van der Waals surface area contributed by atoms with Gasteiger partial charge < -0.3 is 4.74 Å². The third-order valence-corrected chi connectivity index (χ3v) is 4.35. The molecule has 0 aliphatic carbocycles. The zero-order chi connectivity index (χ0) is 19.3. The molecule has 0 unspecified atom stereocenters. The van der Waals surface area contributed by atoms with Gasteiger partial charge in [0.25, 0.3) is 9.70 Å². The minimum absolute atomic E-state index is 0.0578. The molecule has 0 N–H and O–H groups in total. The van der Waals surface area contributed by atoms with E-state index in [4.69, 9.17) is 39.5 Å². The van der Waals surface area contributed by atoms with Gasteiger partial charge in [-0.15, -0.1) is 0 Å². The van der Waals surface area contributed by atoms with Gasteiger partial charge in [-0.3, -0.25) is 4.79 Å². The minimum atomic E-state index is -2.26. The summed E-state index contributed by atoms with van der Waals surface area (Å²) in [5.41, 5.74) is -0.786. The van der Waals surface area contributed by atoms with E-state index < -0.39 is 21.4 Å². The third kappa shape index (κ3) is 7.90. The van der Waals surface area contributed by atoms with Crippen LogP contribution in [0, 0.1) is 0 Å². The maximum atomic E-state index is 12.4. The standard InChI is InChI=1S/C17H20Cl3NO3S/c1-5-12(25-13-9-7-6-8-10-13)11-21(14(22)17(18,19)20)15(23)24-16(2,3)4/h5-10H,11H2,1-4H3/b12-5-.